The van der Waals surface area contributed by atoms with E-state index in [-0.39, 0.29) is 6.61 Å². The number of rotatable bonds is 6. The smallest absolute Gasteiger partial charge is 0.325 e. The summed E-state index contributed by atoms with van der Waals surface area (Å²) in [5.41, 5.74) is 5.49. The van der Waals surface area contributed by atoms with E-state index in [1.165, 1.54) is 26.4 Å². The number of esters is 1. The van der Waals surface area contributed by atoms with Gasteiger partial charge >= 0.3 is 5.97 Å². The van der Waals surface area contributed by atoms with Crippen LogP contribution in [0.15, 0.2) is 0 Å². The molecule has 1 unspecified atom stereocenters. The van der Waals surface area contributed by atoms with E-state index in [9.17, 15) is 4.79 Å². The summed E-state index contributed by atoms with van der Waals surface area (Å²) in [6.07, 6.45) is 5.10. The Kier molecular flexibility index (Phi) is 4.90. The van der Waals surface area contributed by atoms with Gasteiger partial charge in [0.15, 0.2) is 0 Å². The lowest BCUT2D eigenvalue weighted by molar-refractivity contribution is -0.143. The maximum atomic E-state index is 10.9. The maximum absolute atomic E-state index is 10.9. The largest absolute Gasteiger partial charge is 0.468 e. The Morgan fingerprint density at radius 1 is 1.57 bits per heavy atom. The van der Waals surface area contributed by atoms with Crippen LogP contribution >= 0.6 is 0 Å². The van der Waals surface area contributed by atoms with E-state index in [0.29, 0.717) is 6.61 Å². The highest BCUT2D eigenvalue weighted by molar-refractivity contribution is 5.75. The highest BCUT2D eigenvalue weighted by Gasteiger charge is 2.17. The fraction of sp³-hybridized carbons (Fsp3) is 0.900. The van der Waals surface area contributed by atoms with Crippen molar-refractivity contribution in [3.63, 3.8) is 0 Å². The van der Waals surface area contributed by atoms with Crippen molar-refractivity contribution in [1.82, 2.24) is 0 Å². The van der Waals surface area contributed by atoms with Crippen LogP contribution in [0.5, 0.6) is 0 Å². The van der Waals surface area contributed by atoms with E-state index in [4.69, 9.17) is 10.5 Å². The van der Waals surface area contributed by atoms with E-state index in [1.54, 1.807) is 0 Å². The highest BCUT2D eigenvalue weighted by Crippen LogP contribution is 2.28. The summed E-state index contributed by atoms with van der Waals surface area (Å²) in [7, 11) is 1.33. The molecule has 1 rings (SSSR count). The number of carbonyl (C=O) groups excluding carboxylic acids is 1. The molecule has 14 heavy (non-hydrogen) atoms. The normalized spacial score (nSPS) is 18.7. The van der Waals surface area contributed by atoms with Crippen molar-refractivity contribution in [2.75, 3.05) is 20.3 Å². The first-order valence-electron chi connectivity index (χ1n) is 5.15. The zero-order valence-corrected chi connectivity index (χ0v) is 8.70. The molecular formula is C10H19NO3. The van der Waals surface area contributed by atoms with Crippen LogP contribution in [0.2, 0.25) is 0 Å². The molecular weight excluding hydrogens is 182 g/mol. The molecule has 1 aliphatic carbocycles. The fourth-order valence-electron chi connectivity index (χ4n) is 1.46. The molecule has 0 bridgehead atoms. The Morgan fingerprint density at radius 3 is 2.79 bits per heavy atom. The first-order valence-corrected chi connectivity index (χ1v) is 5.15. The monoisotopic (exact) mass is 201 g/mol. The molecule has 0 saturated heterocycles. The number of hydrogen-bond acceptors (Lipinski definition) is 4. The van der Waals surface area contributed by atoms with Crippen molar-refractivity contribution in [2.24, 2.45) is 11.7 Å². The van der Waals surface area contributed by atoms with Crippen molar-refractivity contribution in [3.05, 3.63) is 0 Å². The molecule has 0 radical (unpaired) electrons. The van der Waals surface area contributed by atoms with Gasteiger partial charge in [0.25, 0.3) is 0 Å². The van der Waals surface area contributed by atoms with Gasteiger partial charge in [0.1, 0.15) is 6.04 Å². The molecule has 1 fully saturated rings. The molecule has 0 spiro atoms. The SMILES string of the molecule is COC(=O)C(N)COCCC1CCC1. The van der Waals surface area contributed by atoms with Gasteiger partial charge in [-0.15, -0.1) is 0 Å². The minimum atomic E-state index is -0.638. The quantitative estimate of drug-likeness (QED) is 0.507. The van der Waals surface area contributed by atoms with Crippen LogP contribution in [-0.4, -0.2) is 32.3 Å². The second-order valence-electron chi connectivity index (χ2n) is 3.79. The Labute approximate surface area is 84.7 Å². The Hall–Kier alpha value is -0.610. The third-order valence-electron chi connectivity index (χ3n) is 2.70. The van der Waals surface area contributed by atoms with E-state index >= 15 is 0 Å². The van der Waals surface area contributed by atoms with Gasteiger partial charge in [0, 0.05) is 6.61 Å². The predicted octanol–water partition coefficient (Wildman–Crippen LogP) is 0.693. The van der Waals surface area contributed by atoms with Gasteiger partial charge in [0.05, 0.1) is 13.7 Å². The van der Waals surface area contributed by atoms with E-state index in [1.807, 2.05) is 0 Å². The lowest BCUT2D eigenvalue weighted by Gasteiger charge is -2.25. The summed E-state index contributed by atoms with van der Waals surface area (Å²) in [6.45, 7) is 0.967. The van der Waals surface area contributed by atoms with Gasteiger partial charge < -0.3 is 15.2 Å². The third-order valence-corrected chi connectivity index (χ3v) is 2.70. The number of hydrogen-bond donors (Lipinski definition) is 1. The van der Waals surface area contributed by atoms with Crippen LogP contribution in [0.3, 0.4) is 0 Å². The number of carbonyl (C=O) groups is 1. The molecule has 4 heteroatoms. The Bertz CT molecular complexity index is 180. The molecule has 1 saturated carbocycles. The van der Waals surface area contributed by atoms with Crippen molar-refractivity contribution in [2.45, 2.75) is 31.7 Å². The van der Waals surface area contributed by atoms with Gasteiger partial charge in [-0.3, -0.25) is 4.79 Å². The summed E-state index contributed by atoms with van der Waals surface area (Å²) >= 11 is 0. The minimum Gasteiger partial charge on any atom is -0.468 e. The van der Waals surface area contributed by atoms with Crippen molar-refractivity contribution < 1.29 is 14.3 Å². The predicted molar refractivity (Wildman–Crippen MR) is 52.8 cm³/mol. The average molecular weight is 201 g/mol. The maximum Gasteiger partial charge on any atom is 0.325 e. The summed E-state index contributed by atoms with van der Waals surface area (Å²) in [5, 5.41) is 0. The lowest BCUT2D eigenvalue weighted by atomic mass is 9.83. The van der Waals surface area contributed by atoms with Gasteiger partial charge in [-0.05, 0) is 12.3 Å². The lowest BCUT2D eigenvalue weighted by Crippen LogP contribution is -2.36. The van der Waals surface area contributed by atoms with E-state index < -0.39 is 12.0 Å². The molecule has 0 amide bonds. The summed E-state index contributed by atoms with van der Waals surface area (Å²) in [4.78, 5) is 10.9. The summed E-state index contributed by atoms with van der Waals surface area (Å²) in [5.74, 6) is 0.429. The standard InChI is InChI=1S/C10H19NO3/c1-13-10(12)9(11)7-14-6-5-8-3-2-4-8/h8-9H,2-7,11H2,1H3. The second-order valence-corrected chi connectivity index (χ2v) is 3.79. The van der Waals surface area contributed by atoms with Crippen molar-refractivity contribution >= 4 is 5.97 Å². The van der Waals surface area contributed by atoms with Gasteiger partial charge in [-0.25, -0.2) is 0 Å². The molecule has 0 aromatic rings. The van der Waals surface area contributed by atoms with Crippen LogP contribution < -0.4 is 5.73 Å². The van der Waals surface area contributed by atoms with E-state index in [2.05, 4.69) is 4.74 Å². The Morgan fingerprint density at radius 2 is 2.29 bits per heavy atom. The van der Waals surface area contributed by atoms with Crippen LogP contribution in [0.1, 0.15) is 25.7 Å². The zero-order chi connectivity index (χ0) is 10.4. The van der Waals surface area contributed by atoms with Crippen molar-refractivity contribution in [3.8, 4) is 0 Å². The van der Waals surface area contributed by atoms with E-state index in [0.717, 1.165) is 12.3 Å². The first-order chi connectivity index (χ1) is 6.74. The number of nitrogens with two attached hydrogens (primary N) is 1. The molecule has 1 atom stereocenters. The Balaban J connectivity index is 1.94. The third kappa shape index (κ3) is 3.64. The molecule has 0 aromatic carbocycles. The molecule has 0 aromatic heterocycles. The average Bonchev–Trinajstić information content (AvgIpc) is 2.13. The molecule has 82 valence electrons. The molecule has 2 N–H and O–H groups in total. The number of ether oxygens (including phenoxy) is 2. The van der Waals surface area contributed by atoms with Gasteiger partial charge in [-0.2, -0.15) is 0 Å². The second kappa shape index (κ2) is 5.98. The summed E-state index contributed by atoms with van der Waals surface area (Å²) < 4.78 is 9.78. The van der Waals surface area contributed by atoms with Crippen LogP contribution in [0.4, 0.5) is 0 Å². The van der Waals surface area contributed by atoms with Crippen LogP contribution in [0.25, 0.3) is 0 Å². The highest BCUT2D eigenvalue weighted by atomic mass is 16.5. The molecule has 1 aliphatic rings. The van der Waals surface area contributed by atoms with Crippen molar-refractivity contribution in [1.29, 1.82) is 0 Å². The van der Waals surface area contributed by atoms with Crippen LogP contribution in [-0.2, 0) is 14.3 Å². The first kappa shape index (κ1) is 11.5. The molecule has 4 nitrogen and oxygen atoms in total. The minimum absolute atomic E-state index is 0.263. The fourth-order valence-corrected chi connectivity index (χ4v) is 1.46. The zero-order valence-electron chi connectivity index (χ0n) is 8.70. The number of methoxy groups -OCH3 is 1. The van der Waals surface area contributed by atoms with Gasteiger partial charge in [-0.1, -0.05) is 19.3 Å². The van der Waals surface area contributed by atoms with Crippen LogP contribution in [0, 0.1) is 5.92 Å². The molecule has 0 aliphatic heterocycles. The summed E-state index contributed by atoms with van der Waals surface area (Å²) in [6, 6.07) is -0.638. The topological polar surface area (TPSA) is 61.5 Å². The van der Waals surface area contributed by atoms with Gasteiger partial charge in [0.2, 0.25) is 0 Å². The molecule has 0 heterocycles.